The Balaban J connectivity index is 1.47. The molecule has 162 valence electrons. The molecule has 0 radical (unpaired) electrons. The van der Waals surface area contributed by atoms with Gasteiger partial charge in [-0.2, -0.15) is 0 Å². The summed E-state index contributed by atoms with van der Waals surface area (Å²) in [6.07, 6.45) is 1.16. The van der Waals surface area contributed by atoms with Gasteiger partial charge in [-0.15, -0.1) is 0 Å². The zero-order chi connectivity index (χ0) is 22.2. The molecule has 2 aromatic carbocycles. The van der Waals surface area contributed by atoms with E-state index < -0.39 is 29.6 Å². The van der Waals surface area contributed by atoms with Gasteiger partial charge in [-0.05, 0) is 54.1 Å². The first-order valence-electron chi connectivity index (χ1n) is 9.86. The van der Waals surface area contributed by atoms with Crippen molar-refractivity contribution in [3.8, 4) is 11.5 Å². The van der Waals surface area contributed by atoms with E-state index in [4.69, 9.17) is 13.9 Å². The van der Waals surface area contributed by atoms with Crippen molar-refractivity contribution in [3.63, 3.8) is 0 Å². The average molecular weight is 436 g/mol. The van der Waals surface area contributed by atoms with Gasteiger partial charge in [-0.25, -0.2) is 9.29 Å². The Hall–Kier alpha value is -4.14. The highest BCUT2D eigenvalue weighted by Gasteiger charge is 2.45. The fourth-order valence-corrected chi connectivity index (χ4v) is 3.82. The lowest BCUT2D eigenvalue weighted by Crippen LogP contribution is -2.45. The largest absolute Gasteiger partial charge is 0.459 e. The summed E-state index contributed by atoms with van der Waals surface area (Å²) in [5.41, 5.74) is 0.937. The summed E-state index contributed by atoms with van der Waals surface area (Å²) in [5, 5.41) is 0. The van der Waals surface area contributed by atoms with Crippen molar-refractivity contribution < 1.29 is 32.7 Å². The number of amides is 3. The zero-order valence-electron chi connectivity index (χ0n) is 16.7. The summed E-state index contributed by atoms with van der Waals surface area (Å²) in [6, 6.07) is 12.3. The molecule has 2 aliphatic rings. The number of hydrogen-bond donors (Lipinski definition) is 0. The van der Waals surface area contributed by atoms with Gasteiger partial charge < -0.3 is 18.8 Å². The number of hydrogen-bond acceptors (Lipinski definition) is 6. The van der Waals surface area contributed by atoms with E-state index in [9.17, 15) is 18.8 Å². The smallest absolute Gasteiger partial charge is 0.290 e. The van der Waals surface area contributed by atoms with Crippen LogP contribution < -0.4 is 14.4 Å². The third-order valence-corrected chi connectivity index (χ3v) is 5.37. The Morgan fingerprint density at radius 3 is 2.59 bits per heavy atom. The molecule has 3 aromatic rings. The van der Waals surface area contributed by atoms with Crippen LogP contribution in [0.4, 0.5) is 10.1 Å². The monoisotopic (exact) mass is 436 g/mol. The molecule has 1 unspecified atom stereocenters. The van der Waals surface area contributed by atoms with Crippen molar-refractivity contribution in [1.29, 1.82) is 0 Å². The summed E-state index contributed by atoms with van der Waals surface area (Å²) >= 11 is 0. The Kier molecular flexibility index (Phi) is 4.85. The number of ether oxygens (including phenoxy) is 2. The van der Waals surface area contributed by atoms with E-state index in [1.165, 1.54) is 41.5 Å². The maximum absolute atomic E-state index is 13.3. The van der Waals surface area contributed by atoms with Crippen LogP contribution in [-0.4, -0.2) is 35.5 Å². The summed E-state index contributed by atoms with van der Waals surface area (Å²) in [4.78, 5) is 41.4. The van der Waals surface area contributed by atoms with Gasteiger partial charge in [0.15, 0.2) is 17.3 Å². The molecule has 0 aliphatic carbocycles. The van der Waals surface area contributed by atoms with Crippen LogP contribution in [0.25, 0.3) is 0 Å². The molecule has 1 saturated heterocycles. The van der Waals surface area contributed by atoms with Crippen LogP contribution in [0.5, 0.6) is 11.5 Å². The number of carbonyl (C=O) groups excluding carboxylic acids is 3. The van der Waals surface area contributed by atoms with Crippen LogP contribution in [0.15, 0.2) is 65.3 Å². The molecule has 0 N–H and O–H groups in total. The van der Waals surface area contributed by atoms with Gasteiger partial charge in [-0.3, -0.25) is 14.4 Å². The number of fused-ring (bicyclic) bond motifs is 1. The fourth-order valence-electron chi connectivity index (χ4n) is 3.82. The maximum Gasteiger partial charge on any atom is 0.290 e. The number of halogens is 1. The molecule has 1 aromatic heterocycles. The lowest BCUT2D eigenvalue weighted by Gasteiger charge is -2.27. The van der Waals surface area contributed by atoms with Gasteiger partial charge in [0, 0.05) is 6.54 Å². The van der Waals surface area contributed by atoms with E-state index in [2.05, 4.69) is 0 Å². The predicted octanol–water partition coefficient (Wildman–Crippen LogP) is 3.12. The van der Waals surface area contributed by atoms with Gasteiger partial charge in [0.1, 0.15) is 11.9 Å². The van der Waals surface area contributed by atoms with Crippen LogP contribution in [0, 0.1) is 5.82 Å². The quantitative estimate of drug-likeness (QED) is 0.571. The zero-order valence-corrected chi connectivity index (χ0v) is 16.7. The number of rotatable bonds is 5. The van der Waals surface area contributed by atoms with E-state index in [-0.39, 0.29) is 31.2 Å². The summed E-state index contributed by atoms with van der Waals surface area (Å²) in [5.74, 6) is -0.883. The second-order valence-electron chi connectivity index (χ2n) is 7.36. The van der Waals surface area contributed by atoms with Gasteiger partial charge >= 0.3 is 0 Å². The molecule has 9 heteroatoms. The number of nitrogens with zero attached hydrogens (tertiary/aromatic N) is 2. The van der Waals surface area contributed by atoms with E-state index >= 15 is 0 Å². The molecule has 2 aliphatic heterocycles. The van der Waals surface area contributed by atoms with Crippen molar-refractivity contribution in [2.24, 2.45) is 0 Å². The lowest BCUT2D eigenvalue weighted by molar-refractivity contribution is -0.122. The third kappa shape index (κ3) is 3.47. The van der Waals surface area contributed by atoms with Crippen molar-refractivity contribution in [1.82, 2.24) is 4.90 Å². The van der Waals surface area contributed by atoms with E-state index in [1.54, 1.807) is 24.3 Å². The van der Waals surface area contributed by atoms with Crippen molar-refractivity contribution in [2.75, 3.05) is 11.7 Å². The number of anilines is 1. The molecule has 0 spiro atoms. The minimum Gasteiger partial charge on any atom is -0.459 e. The number of carbonyl (C=O) groups is 3. The van der Waals surface area contributed by atoms with Gasteiger partial charge in [0.2, 0.25) is 12.7 Å². The maximum atomic E-state index is 13.3. The molecule has 32 heavy (non-hydrogen) atoms. The molecule has 5 rings (SSSR count). The second kappa shape index (κ2) is 7.84. The normalized spacial score (nSPS) is 17.2. The number of benzene rings is 2. The predicted molar refractivity (Wildman–Crippen MR) is 108 cm³/mol. The first-order valence-corrected chi connectivity index (χ1v) is 9.86. The molecule has 0 bridgehead atoms. The van der Waals surface area contributed by atoms with Crippen LogP contribution in [0.3, 0.4) is 0 Å². The van der Waals surface area contributed by atoms with Gasteiger partial charge in [0.25, 0.3) is 11.8 Å². The minimum atomic E-state index is -1.05. The van der Waals surface area contributed by atoms with Crippen LogP contribution in [0.2, 0.25) is 0 Å². The molecule has 1 fully saturated rings. The SMILES string of the molecule is O=C1CC(N(Cc2ccc3c(c2)OCO3)C(=O)c2ccco2)C(=O)N1c1ccc(F)cc1. The summed E-state index contributed by atoms with van der Waals surface area (Å²) < 4.78 is 29.3. The minimum absolute atomic E-state index is 0.0388. The summed E-state index contributed by atoms with van der Waals surface area (Å²) in [6.45, 7) is 0.146. The highest BCUT2D eigenvalue weighted by molar-refractivity contribution is 6.23. The van der Waals surface area contributed by atoms with Crippen LogP contribution in [-0.2, 0) is 16.1 Å². The van der Waals surface area contributed by atoms with Crippen LogP contribution in [0.1, 0.15) is 22.5 Å². The molecule has 1 atom stereocenters. The Morgan fingerprint density at radius 2 is 1.84 bits per heavy atom. The molecular formula is C23H17FN2O6. The molecule has 0 saturated carbocycles. The standard InChI is InChI=1S/C23H17FN2O6/c24-15-4-6-16(7-5-15)26-21(27)11-17(22(26)28)25(23(29)19-2-1-9-30-19)12-14-3-8-18-20(10-14)32-13-31-18/h1-10,17H,11-13H2. The Bertz CT molecular complexity index is 1190. The van der Waals surface area contributed by atoms with Gasteiger partial charge in [-0.1, -0.05) is 6.07 Å². The molecule has 8 nitrogen and oxygen atoms in total. The van der Waals surface area contributed by atoms with E-state index in [0.717, 1.165) is 4.90 Å². The topological polar surface area (TPSA) is 89.3 Å². The fraction of sp³-hybridized carbons (Fsp3) is 0.174. The highest BCUT2D eigenvalue weighted by Crippen LogP contribution is 2.34. The third-order valence-electron chi connectivity index (χ3n) is 5.37. The molecule has 3 heterocycles. The number of imide groups is 1. The van der Waals surface area contributed by atoms with Gasteiger partial charge in [0.05, 0.1) is 18.4 Å². The van der Waals surface area contributed by atoms with Crippen molar-refractivity contribution in [2.45, 2.75) is 19.0 Å². The van der Waals surface area contributed by atoms with Crippen molar-refractivity contribution in [3.05, 3.63) is 78.0 Å². The first-order chi connectivity index (χ1) is 15.5. The number of furan rings is 1. The lowest BCUT2D eigenvalue weighted by atomic mass is 10.1. The van der Waals surface area contributed by atoms with Crippen LogP contribution >= 0.6 is 0 Å². The first kappa shape index (κ1) is 19.8. The highest BCUT2D eigenvalue weighted by atomic mass is 19.1. The second-order valence-corrected chi connectivity index (χ2v) is 7.36. The molecule has 3 amide bonds. The molecular weight excluding hydrogens is 419 g/mol. The van der Waals surface area contributed by atoms with Crippen molar-refractivity contribution >= 4 is 23.4 Å². The summed E-state index contributed by atoms with van der Waals surface area (Å²) in [7, 11) is 0. The Morgan fingerprint density at radius 1 is 1.06 bits per heavy atom. The van der Waals surface area contributed by atoms with E-state index in [0.29, 0.717) is 17.1 Å². The Labute approximate surface area is 181 Å². The van der Waals surface area contributed by atoms with E-state index in [1.807, 2.05) is 0 Å². The average Bonchev–Trinajstić information content (AvgIpc) is 3.53.